The van der Waals surface area contributed by atoms with Crippen LogP contribution in [0.4, 0.5) is 43.9 Å². The zero-order valence-electron chi connectivity index (χ0n) is 8.87. The molecule has 0 radical (unpaired) electrons. The number of hydrogen-bond donors (Lipinski definition) is 1. The van der Waals surface area contributed by atoms with Gasteiger partial charge in [-0.3, -0.25) is 0 Å². The molecule has 0 aliphatic carbocycles. The molecule has 0 aromatic carbocycles. The summed E-state index contributed by atoms with van der Waals surface area (Å²) in [6, 6.07) is 0. The Morgan fingerprint density at radius 2 is 1.40 bits per heavy atom. The average Bonchev–Trinajstić information content (AvgIpc) is 2.52. The molecule has 2 unspecified atom stereocenters. The summed E-state index contributed by atoms with van der Waals surface area (Å²) in [5, 5.41) is -5.04. The molecule has 1 aliphatic rings. The van der Waals surface area contributed by atoms with Gasteiger partial charge in [-0.1, -0.05) is 11.8 Å². The quantitative estimate of drug-likeness (QED) is 0.746. The third-order valence-electron chi connectivity index (χ3n) is 2.39. The molecular formula is C7H4F10N2S. The summed E-state index contributed by atoms with van der Waals surface area (Å²) in [7, 11) is 0. The minimum atomic E-state index is -6.29. The van der Waals surface area contributed by atoms with Crippen molar-refractivity contribution >= 4 is 16.9 Å². The summed E-state index contributed by atoms with van der Waals surface area (Å²) in [5.74, 6) is 0. The highest BCUT2D eigenvalue weighted by Gasteiger charge is 2.80. The maximum Gasteiger partial charge on any atom is 0.423 e. The van der Waals surface area contributed by atoms with Gasteiger partial charge in [0.25, 0.3) is 5.54 Å². The summed E-state index contributed by atoms with van der Waals surface area (Å²) in [6.07, 6.45) is -22.9. The van der Waals surface area contributed by atoms with E-state index in [2.05, 4.69) is 5.73 Å². The van der Waals surface area contributed by atoms with E-state index in [0.717, 1.165) is 0 Å². The fourth-order valence-corrected chi connectivity index (χ4v) is 2.75. The van der Waals surface area contributed by atoms with E-state index in [0.29, 0.717) is 0 Å². The predicted molar refractivity (Wildman–Crippen MR) is 48.8 cm³/mol. The normalized spacial score (nSPS) is 25.5. The van der Waals surface area contributed by atoms with Crippen LogP contribution in [-0.2, 0) is 0 Å². The first kappa shape index (κ1) is 17.2. The van der Waals surface area contributed by atoms with Crippen molar-refractivity contribution in [2.24, 2.45) is 10.7 Å². The van der Waals surface area contributed by atoms with E-state index >= 15 is 0 Å². The third kappa shape index (κ3) is 2.51. The lowest BCUT2D eigenvalue weighted by molar-refractivity contribution is -0.303. The minimum Gasteiger partial charge on any atom is -0.379 e. The van der Waals surface area contributed by atoms with Crippen molar-refractivity contribution in [3.05, 3.63) is 0 Å². The molecular weight excluding hydrogens is 334 g/mol. The van der Waals surface area contributed by atoms with Crippen LogP contribution >= 0.6 is 11.8 Å². The molecule has 0 saturated heterocycles. The van der Waals surface area contributed by atoms with E-state index in [4.69, 9.17) is 0 Å². The second-order valence-corrected chi connectivity index (χ2v) is 4.86. The summed E-state index contributed by atoms with van der Waals surface area (Å²) >= 11 is -0.746. The largest absolute Gasteiger partial charge is 0.423 e. The Kier molecular flexibility index (Phi) is 3.92. The maximum atomic E-state index is 13.1. The number of alkyl halides is 10. The van der Waals surface area contributed by atoms with Crippen molar-refractivity contribution in [1.82, 2.24) is 0 Å². The summed E-state index contributed by atoms with van der Waals surface area (Å²) in [4.78, 5) is 2.05. The van der Waals surface area contributed by atoms with Crippen LogP contribution in [0.3, 0.4) is 0 Å². The molecule has 1 aliphatic heterocycles. The van der Waals surface area contributed by atoms with Gasteiger partial charge in [0.15, 0.2) is 5.17 Å². The second-order valence-electron chi connectivity index (χ2n) is 3.69. The van der Waals surface area contributed by atoms with Crippen molar-refractivity contribution in [1.29, 1.82) is 0 Å². The van der Waals surface area contributed by atoms with Gasteiger partial charge in [0, 0.05) is 0 Å². The number of rotatable bonds is 1. The van der Waals surface area contributed by atoms with Gasteiger partial charge in [-0.15, -0.1) is 0 Å². The van der Waals surface area contributed by atoms with Crippen LogP contribution in [0, 0.1) is 0 Å². The summed E-state index contributed by atoms with van der Waals surface area (Å²) in [5.41, 5.74) is -0.578. The maximum absolute atomic E-state index is 13.1. The molecule has 1 heterocycles. The Hall–Kier alpha value is -0.880. The zero-order valence-corrected chi connectivity index (χ0v) is 9.68. The van der Waals surface area contributed by atoms with Gasteiger partial charge < -0.3 is 5.73 Å². The lowest BCUT2D eigenvalue weighted by Crippen LogP contribution is -2.64. The SMILES string of the molecule is NC1=NC(C(F)(F)F)(C(F)(F)F)C(C(F)C(F)(F)F)S1. The van der Waals surface area contributed by atoms with Crippen LogP contribution in [0.5, 0.6) is 0 Å². The van der Waals surface area contributed by atoms with Gasteiger partial charge in [0.05, 0.1) is 5.25 Å². The molecule has 2 nitrogen and oxygen atoms in total. The standard InChI is InChI=1S/C7H4F10N2S/c8-1(5(9,10)11)2-4(6(12,13)14,7(15,16)17)19-3(18)20-2/h1-2H,(H2,18,19). The zero-order chi connectivity index (χ0) is 16.1. The second kappa shape index (κ2) is 4.56. The average molecular weight is 338 g/mol. The van der Waals surface area contributed by atoms with E-state index < -0.39 is 52.4 Å². The molecule has 0 fully saturated rings. The fourth-order valence-electron chi connectivity index (χ4n) is 1.53. The molecule has 0 spiro atoms. The third-order valence-corrected chi connectivity index (χ3v) is 3.56. The first-order valence-electron chi connectivity index (χ1n) is 4.51. The van der Waals surface area contributed by atoms with Crippen LogP contribution in [0.25, 0.3) is 0 Å². The molecule has 118 valence electrons. The number of halogens is 10. The van der Waals surface area contributed by atoms with Crippen molar-refractivity contribution in [2.75, 3.05) is 0 Å². The van der Waals surface area contributed by atoms with Gasteiger partial charge in [-0.2, -0.15) is 39.5 Å². The number of aliphatic imine (C=N–C) groups is 1. The highest BCUT2D eigenvalue weighted by molar-refractivity contribution is 8.14. The first-order chi connectivity index (χ1) is 8.64. The van der Waals surface area contributed by atoms with Gasteiger partial charge in [-0.25, -0.2) is 9.38 Å². The number of thioether (sulfide) groups is 1. The smallest absolute Gasteiger partial charge is 0.379 e. The molecule has 0 bridgehead atoms. The van der Waals surface area contributed by atoms with Crippen molar-refractivity contribution in [2.45, 2.75) is 35.5 Å². The van der Waals surface area contributed by atoms with Gasteiger partial charge >= 0.3 is 18.5 Å². The van der Waals surface area contributed by atoms with E-state index in [1.54, 1.807) is 0 Å². The van der Waals surface area contributed by atoms with Gasteiger partial charge in [0.2, 0.25) is 6.17 Å². The van der Waals surface area contributed by atoms with Crippen molar-refractivity contribution in [3.8, 4) is 0 Å². The molecule has 2 N–H and O–H groups in total. The lowest BCUT2D eigenvalue weighted by atomic mass is 9.90. The minimum absolute atomic E-state index is 0.746. The van der Waals surface area contributed by atoms with E-state index in [9.17, 15) is 43.9 Å². The number of hydrogen-bond acceptors (Lipinski definition) is 3. The summed E-state index contributed by atoms with van der Waals surface area (Å²) < 4.78 is 125. The van der Waals surface area contributed by atoms with Gasteiger partial charge in [0.1, 0.15) is 0 Å². The Bertz CT molecular complexity index is 393. The van der Waals surface area contributed by atoms with Crippen LogP contribution in [0.2, 0.25) is 0 Å². The Morgan fingerprint density at radius 3 is 1.70 bits per heavy atom. The molecule has 1 rings (SSSR count). The monoisotopic (exact) mass is 338 g/mol. The topological polar surface area (TPSA) is 38.4 Å². The lowest BCUT2D eigenvalue weighted by Gasteiger charge is -2.36. The Morgan fingerprint density at radius 1 is 1.00 bits per heavy atom. The predicted octanol–water partition coefficient (Wildman–Crippen LogP) is 3.18. The number of nitrogens with zero attached hydrogens (tertiary/aromatic N) is 1. The van der Waals surface area contributed by atoms with Crippen molar-refractivity contribution in [3.63, 3.8) is 0 Å². The van der Waals surface area contributed by atoms with Crippen LogP contribution in [-0.4, -0.2) is 40.7 Å². The van der Waals surface area contributed by atoms with Crippen molar-refractivity contribution < 1.29 is 43.9 Å². The van der Waals surface area contributed by atoms with Crippen LogP contribution in [0.1, 0.15) is 0 Å². The fraction of sp³-hybridized carbons (Fsp3) is 0.857. The molecule has 0 aromatic heterocycles. The van der Waals surface area contributed by atoms with Gasteiger partial charge in [-0.05, 0) is 0 Å². The molecule has 0 aromatic rings. The highest BCUT2D eigenvalue weighted by Crippen LogP contribution is 2.57. The molecule has 20 heavy (non-hydrogen) atoms. The molecule has 0 saturated carbocycles. The number of amidine groups is 1. The molecule has 2 atom stereocenters. The molecule has 0 amide bonds. The number of nitrogens with two attached hydrogens (primary N) is 1. The highest BCUT2D eigenvalue weighted by atomic mass is 32.2. The summed E-state index contributed by atoms with van der Waals surface area (Å²) in [6.45, 7) is 0. The molecule has 13 heteroatoms. The van der Waals surface area contributed by atoms with E-state index in [-0.39, 0.29) is 0 Å². The Balaban J connectivity index is 3.47. The van der Waals surface area contributed by atoms with E-state index in [1.807, 2.05) is 4.99 Å². The first-order valence-corrected chi connectivity index (χ1v) is 5.39. The Labute approximate surface area is 108 Å². The van der Waals surface area contributed by atoms with E-state index in [1.165, 1.54) is 0 Å². The van der Waals surface area contributed by atoms with Crippen LogP contribution in [0.15, 0.2) is 4.99 Å². The van der Waals surface area contributed by atoms with Crippen LogP contribution < -0.4 is 5.73 Å².